The van der Waals surface area contributed by atoms with Crippen molar-refractivity contribution in [1.82, 2.24) is 4.98 Å². The summed E-state index contributed by atoms with van der Waals surface area (Å²) in [7, 11) is -3.85. The number of hydrazine groups is 1. The molecule has 0 amide bonds. The SMILES string of the molecule is N#Cc1ccc(Br)cc1NS(=O)(=O)c1ccnc(NN)c1. The summed E-state index contributed by atoms with van der Waals surface area (Å²) in [5.41, 5.74) is 2.67. The van der Waals surface area contributed by atoms with Crippen LogP contribution in [0.15, 0.2) is 45.9 Å². The van der Waals surface area contributed by atoms with E-state index >= 15 is 0 Å². The van der Waals surface area contributed by atoms with E-state index in [1.807, 2.05) is 6.07 Å². The number of rotatable bonds is 4. The lowest BCUT2D eigenvalue weighted by Gasteiger charge is -2.10. The summed E-state index contributed by atoms with van der Waals surface area (Å²) in [4.78, 5) is 3.82. The van der Waals surface area contributed by atoms with Crippen molar-refractivity contribution in [2.75, 3.05) is 10.1 Å². The monoisotopic (exact) mass is 367 g/mol. The second kappa shape index (κ2) is 6.09. The second-order valence-electron chi connectivity index (χ2n) is 3.93. The highest BCUT2D eigenvalue weighted by Gasteiger charge is 2.17. The number of nitriles is 1. The van der Waals surface area contributed by atoms with E-state index in [1.54, 1.807) is 6.07 Å². The van der Waals surface area contributed by atoms with E-state index in [2.05, 4.69) is 31.1 Å². The van der Waals surface area contributed by atoms with Crippen molar-refractivity contribution in [2.24, 2.45) is 5.84 Å². The lowest BCUT2D eigenvalue weighted by molar-refractivity contribution is 0.601. The van der Waals surface area contributed by atoms with Gasteiger partial charge in [-0.2, -0.15) is 5.26 Å². The molecule has 0 radical (unpaired) electrons. The number of hydrogen-bond acceptors (Lipinski definition) is 6. The predicted molar refractivity (Wildman–Crippen MR) is 81.7 cm³/mol. The fraction of sp³-hybridized carbons (Fsp3) is 0. The number of aromatic nitrogens is 1. The van der Waals surface area contributed by atoms with E-state index < -0.39 is 10.0 Å². The Morgan fingerprint density at radius 1 is 1.29 bits per heavy atom. The Balaban J connectivity index is 2.42. The maximum atomic E-state index is 12.3. The first-order valence-corrected chi connectivity index (χ1v) is 7.89. The number of nitrogens with two attached hydrogens (primary N) is 1. The third kappa shape index (κ3) is 3.49. The standard InChI is InChI=1S/C12H10BrN5O2S/c13-9-2-1-8(7-14)11(5-9)18-21(19,20)10-3-4-16-12(6-10)17-15/h1-6,18H,15H2,(H,16,17). The Morgan fingerprint density at radius 2 is 2.05 bits per heavy atom. The third-order valence-corrected chi connectivity index (χ3v) is 4.39. The molecular formula is C12H10BrN5O2S. The van der Waals surface area contributed by atoms with Gasteiger partial charge in [-0.3, -0.25) is 4.72 Å². The van der Waals surface area contributed by atoms with Crippen LogP contribution in [0.3, 0.4) is 0 Å². The van der Waals surface area contributed by atoms with Gasteiger partial charge < -0.3 is 5.43 Å². The molecule has 2 aromatic rings. The van der Waals surface area contributed by atoms with Gasteiger partial charge in [0.25, 0.3) is 10.0 Å². The molecule has 0 saturated carbocycles. The van der Waals surface area contributed by atoms with Crippen molar-refractivity contribution < 1.29 is 8.42 Å². The molecule has 9 heteroatoms. The summed E-state index contributed by atoms with van der Waals surface area (Å²) in [6.45, 7) is 0. The Bertz CT molecular complexity index is 817. The molecular weight excluding hydrogens is 358 g/mol. The number of nitrogens with zero attached hydrogens (tertiary/aromatic N) is 2. The zero-order chi connectivity index (χ0) is 15.5. The summed E-state index contributed by atoms with van der Waals surface area (Å²) in [6.07, 6.45) is 1.32. The number of sulfonamides is 1. The van der Waals surface area contributed by atoms with E-state index in [-0.39, 0.29) is 22.0 Å². The molecule has 2 rings (SSSR count). The fourth-order valence-electron chi connectivity index (χ4n) is 1.56. The maximum absolute atomic E-state index is 12.3. The Hall–Kier alpha value is -2.15. The number of nitrogens with one attached hydrogen (secondary N) is 2. The molecule has 4 N–H and O–H groups in total. The summed E-state index contributed by atoms with van der Waals surface area (Å²) in [6, 6.07) is 9.22. The van der Waals surface area contributed by atoms with Crippen molar-refractivity contribution in [3.63, 3.8) is 0 Å². The molecule has 0 aliphatic carbocycles. The first-order valence-electron chi connectivity index (χ1n) is 5.61. The van der Waals surface area contributed by atoms with E-state index in [0.717, 1.165) is 0 Å². The van der Waals surface area contributed by atoms with Crippen LogP contribution in [0.25, 0.3) is 0 Å². The number of pyridine rings is 1. The van der Waals surface area contributed by atoms with Crippen molar-refractivity contribution in [2.45, 2.75) is 4.90 Å². The third-order valence-electron chi connectivity index (χ3n) is 2.54. The molecule has 0 fully saturated rings. The topological polar surface area (TPSA) is 121 Å². The molecule has 1 aromatic heterocycles. The van der Waals surface area contributed by atoms with Crippen molar-refractivity contribution in [3.05, 3.63) is 46.6 Å². The molecule has 0 spiro atoms. The number of anilines is 2. The zero-order valence-corrected chi connectivity index (χ0v) is 12.9. The van der Waals surface area contributed by atoms with Crippen LogP contribution >= 0.6 is 15.9 Å². The second-order valence-corrected chi connectivity index (χ2v) is 6.53. The lowest BCUT2D eigenvalue weighted by atomic mass is 10.2. The van der Waals surface area contributed by atoms with Gasteiger partial charge in [0.05, 0.1) is 16.1 Å². The quantitative estimate of drug-likeness (QED) is 0.559. The highest BCUT2D eigenvalue weighted by molar-refractivity contribution is 9.10. The van der Waals surface area contributed by atoms with Gasteiger partial charge in [0.2, 0.25) is 0 Å². The summed E-state index contributed by atoms with van der Waals surface area (Å²) in [5, 5.41) is 9.02. The van der Waals surface area contributed by atoms with E-state index in [4.69, 9.17) is 11.1 Å². The van der Waals surface area contributed by atoms with Crippen LogP contribution in [0.5, 0.6) is 0 Å². The molecule has 1 aromatic carbocycles. The van der Waals surface area contributed by atoms with Crippen molar-refractivity contribution >= 4 is 37.5 Å². The van der Waals surface area contributed by atoms with E-state index in [1.165, 1.54) is 30.5 Å². The highest BCUT2D eigenvalue weighted by atomic mass is 79.9. The first-order chi connectivity index (χ1) is 9.96. The van der Waals surface area contributed by atoms with Crippen molar-refractivity contribution in [1.29, 1.82) is 5.26 Å². The Labute approximate surface area is 130 Å². The highest BCUT2D eigenvalue weighted by Crippen LogP contribution is 2.24. The molecule has 21 heavy (non-hydrogen) atoms. The summed E-state index contributed by atoms with van der Waals surface area (Å²) < 4.78 is 27.7. The summed E-state index contributed by atoms with van der Waals surface area (Å²) in [5.74, 6) is 5.42. The minimum atomic E-state index is -3.85. The van der Waals surface area contributed by atoms with Crippen LogP contribution in [0.4, 0.5) is 11.5 Å². The zero-order valence-electron chi connectivity index (χ0n) is 10.5. The molecule has 108 valence electrons. The average molecular weight is 368 g/mol. The van der Waals surface area contributed by atoms with Crippen molar-refractivity contribution in [3.8, 4) is 6.07 Å². The number of halogens is 1. The summed E-state index contributed by atoms with van der Waals surface area (Å²) >= 11 is 3.23. The molecule has 1 heterocycles. The molecule has 0 unspecified atom stereocenters. The lowest BCUT2D eigenvalue weighted by Crippen LogP contribution is -2.15. The smallest absolute Gasteiger partial charge is 0.262 e. The molecule has 0 bridgehead atoms. The van der Waals surface area contributed by atoms with Gasteiger partial charge in [0, 0.05) is 16.7 Å². The Morgan fingerprint density at radius 3 is 2.71 bits per heavy atom. The number of hydrogen-bond donors (Lipinski definition) is 3. The van der Waals surface area contributed by atoms with Gasteiger partial charge in [-0.05, 0) is 24.3 Å². The fourth-order valence-corrected chi connectivity index (χ4v) is 3.00. The minimum Gasteiger partial charge on any atom is -0.308 e. The van der Waals surface area contributed by atoms with Crippen LogP contribution < -0.4 is 16.0 Å². The normalized spacial score (nSPS) is 10.7. The van der Waals surface area contributed by atoms with Gasteiger partial charge in [0.1, 0.15) is 11.9 Å². The number of nitrogen functional groups attached to an aromatic ring is 1. The van der Waals surface area contributed by atoms with Gasteiger partial charge in [0.15, 0.2) is 0 Å². The minimum absolute atomic E-state index is 0.0192. The molecule has 0 aliphatic heterocycles. The Kier molecular flexibility index (Phi) is 4.42. The first kappa shape index (κ1) is 15.2. The van der Waals surface area contributed by atoms with Crippen LogP contribution in [-0.2, 0) is 10.0 Å². The molecule has 0 atom stereocenters. The van der Waals surface area contributed by atoms with Gasteiger partial charge in [-0.25, -0.2) is 19.2 Å². The van der Waals surface area contributed by atoms with Crippen LogP contribution in [-0.4, -0.2) is 13.4 Å². The van der Waals surface area contributed by atoms with Crippen LogP contribution in [0, 0.1) is 11.3 Å². The van der Waals surface area contributed by atoms with Gasteiger partial charge in [-0.1, -0.05) is 15.9 Å². The molecule has 7 nitrogen and oxygen atoms in total. The predicted octanol–water partition coefficient (Wildman–Crippen LogP) is 1.80. The average Bonchev–Trinajstić information content (AvgIpc) is 2.47. The van der Waals surface area contributed by atoms with Gasteiger partial charge >= 0.3 is 0 Å². The van der Waals surface area contributed by atoms with E-state index in [9.17, 15) is 8.42 Å². The number of benzene rings is 1. The van der Waals surface area contributed by atoms with Crippen LogP contribution in [0.2, 0.25) is 0 Å². The van der Waals surface area contributed by atoms with Crippen LogP contribution in [0.1, 0.15) is 5.56 Å². The maximum Gasteiger partial charge on any atom is 0.262 e. The van der Waals surface area contributed by atoms with E-state index in [0.29, 0.717) is 4.47 Å². The van der Waals surface area contributed by atoms with Gasteiger partial charge in [-0.15, -0.1) is 0 Å². The molecule has 0 saturated heterocycles. The molecule has 0 aliphatic rings. The largest absolute Gasteiger partial charge is 0.308 e.